The van der Waals surface area contributed by atoms with Gasteiger partial charge in [0.2, 0.25) is 0 Å². The molecule has 0 N–H and O–H groups in total. The zero-order chi connectivity index (χ0) is 22.9. The standard InChI is InChI=1S/C18H15F2N5O5S.ClH/c1-22(2)3-4-23(18-21-16-14(20)7-11(19)8-15(16)31-18)17(26)10-5-12(24(27)28)9-13(6-10)25(29)30;/h5-9H,3-4H2,1-2H3;1H. The van der Waals surface area contributed by atoms with Crippen LogP contribution in [0, 0.1) is 31.9 Å². The van der Waals surface area contributed by atoms with Crippen molar-refractivity contribution in [3.63, 3.8) is 0 Å². The van der Waals surface area contributed by atoms with Gasteiger partial charge in [0, 0.05) is 31.3 Å². The molecule has 1 heterocycles. The molecule has 0 fully saturated rings. The highest BCUT2D eigenvalue weighted by molar-refractivity contribution is 7.22. The van der Waals surface area contributed by atoms with Gasteiger partial charge >= 0.3 is 0 Å². The summed E-state index contributed by atoms with van der Waals surface area (Å²) >= 11 is 0.857. The van der Waals surface area contributed by atoms with E-state index in [1.807, 2.05) is 0 Å². The quantitative estimate of drug-likeness (QED) is 0.364. The highest BCUT2D eigenvalue weighted by Crippen LogP contribution is 2.33. The zero-order valence-electron chi connectivity index (χ0n) is 16.7. The fourth-order valence-corrected chi connectivity index (χ4v) is 3.76. The lowest BCUT2D eigenvalue weighted by Crippen LogP contribution is -2.36. The van der Waals surface area contributed by atoms with Crippen LogP contribution in [0.5, 0.6) is 0 Å². The van der Waals surface area contributed by atoms with Crippen molar-refractivity contribution in [2.45, 2.75) is 0 Å². The molecular formula is C18H16ClF2N5O5S. The second-order valence-electron chi connectivity index (χ2n) is 6.74. The molecule has 14 heteroatoms. The number of carbonyl (C=O) groups excluding carboxylic acids is 1. The van der Waals surface area contributed by atoms with E-state index in [-0.39, 0.29) is 39.9 Å². The number of non-ortho nitro benzene ring substituents is 2. The third kappa shape index (κ3) is 5.30. The van der Waals surface area contributed by atoms with E-state index < -0.39 is 38.8 Å². The number of nitro benzene ring substituents is 2. The Labute approximate surface area is 189 Å². The second kappa shape index (κ2) is 9.89. The Kier molecular flexibility index (Phi) is 7.72. The number of likely N-dealkylation sites (N-methyl/N-ethyl adjacent to an activating group) is 1. The number of hydrogen-bond donors (Lipinski definition) is 0. The minimum atomic E-state index is -0.900. The van der Waals surface area contributed by atoms with E-state index in [4.69, 9.17) is 0 Å². The molecule has 0 saturated carbocycles. The van der Waals surface area contributed by atoms with Gasteiger partial charge in [0.25, 0.3) is 17.3 Å². The summed E-state index contributed by atoms with van der Waals surface area (Å²) in [6, 6.07) is 4.34. The maximum absolute atomic E-state index is 14.1. The summed E-state index contributed by atoms with van der Waals surface area (Å²) in [4.78, 5) is 40.8. The molecule has 0 aliphatic heterocycles. The van der Waals surface area contributed by atoms with Gasteiger partial charge in [-0.25, -0.2) is 13.8 Å². The van der Waals surface area contributed by atoms with Crippen LogP contribution < -0.4 is 4.90 Å². The van der Waals surface area contributed by atoms with Gasteiger partial charge in [0.1, 0.15) is 11.3 Å². The van der Waals surface area contributed by atoms with E-state index in [1.54, 1.807) is 19.0 Å². The van der Waals surface area contributed by atoms with Gasteiger partial charge in [-0.05, 0) is 20.2 Å². The van der Waals surface area contributed by atoms with Crippen molar-refractivity contribution in [1.29, 1.82) is 0 Å². The summed E-state index contributed by atoms with van der Waals surface area (Å²) in [6.07, 6.45) is 0. The van der Waals surface area contributed by atoms with Crippen LogP contribution in [0.4, 0.5) is 25.3 Å². The number of benzene rings is 2. The van der Waals surface area contributed by atoms with Gasteiger partial charge in [-0.1, -0.05) is 11.3 Å². The van der Waals surface area contributed by atoms with Crippen LogP contribution in [0.25, 0.3) is 10.2 Å². The third-order valence-electron chi connectivity index (χ3n) is 4.22. The molecule has 0 radical (unpaired) electrons. The topological polar surface area (TPSA) is 123 Å². The Bertz CT molecular complexity index is 1170. The van der Waals surface area contributed by atoms with Crippen molar-refractivity contribution in [2.24, 2.45) is 0 Å². The van der Waals surface area contributed by atoms with Crippen LogP contribution in [0.1, 0.15) is 10.4 Å². The predicted molar refractivity (Wildman–Crippen MR) is 117 cm³/mol. The maximum Gasteiger partial charge on any atom is 0.277 e. The maximum atomic E-state index is 14.1. The molecule has 170 valence electrons. The van der Waals surface area contributed by atoms with Gasteiger partial charge in [-0.3, -0.25) is 29.9 Å². The fraction of sp³-hybridized carbons (Fsp3) is 0.222. The zero-order valence-corrected chi connectivity index (χ0v) is 18.3. The van der Waals surface area contributed by atoms with Crippen LogP contribution in [0.3, 0.4) is 0 Å². The lowest BCUT2D eigenvalue weighted by molar-refractivity contribution is -0.394. The Balaban J connectivity index is 0.00000363. The molecule has 3 rings (SSSR count). The number of rotatable bonds is 7. The number of carbonyl (C=O) groups is 1. The molecule has 1 aromatic heterocycles. The molecule has 0 saturated heterocycles. The number of nitro groups is 2. The lowest BCUT2D eigenvalue weighted by atomic mass is 10.1. The number of fused-ring (bicyclic) bond motifs is 1. The first kappa shape index (κ1) is 25.0. The molecule has 0 unspecified atom stereocenters. The van der Waals surface area contributed by atoms with Crippen LogP contribution >= 0.6 is 23.7 Å². The predicted octanol–water partition coefficient (Wildman–Crippen LogP) is 4.02. The van der Waals surface area contributed by atoms with Crippen molar-refractivity contribution < 1.29 is 23.4 Å². The van der Waals surface area contributed by atoms with Gasteiger partial charge in [-0.15, -0.1) is 12.4 Å². The number of thiazole rings is 1. The molecule has 10 nitrogen and oxygen atoms in total. The number of aromatic nitrogens is 1. The number of nitrogens with zero attached hydrogens (tertiary/aromatic N) is 5. The molecule has 0 aliphatic rings. The Morgan fingerprint density at radius 2 is 1.62 bits per heavy atom. The Morgan fingerprint density at radius 3 is 2.16 bits per heavy atom. The lowest BCUT2D eigenvalue weighted by Gasteiger charge is -2.22. The monoisotopic (exact) mass is 487 g/mol. The van der Waals surface area contributed by atoms with Crippen LogP contribution in [0.15, 0.2) is 30.3 Å². The van der Waals surface area contributed by atoms with E-state index in [9.17, 15) is 33.8 Å². The Morgan fingerprint density at radius 1 is 1.03 bits per heavy atom. The van der Waals surface area contributed by atoms with E-state index in [0.29, 0.717) is 12.6 Å². The van der Waals surface area contributed by atoms with Gasteiger partial charge < -0.3 is 4.90 Å². The van der Waals surface area contributed by atoms with Crippen LogP contribution in [-0.4, -0.2) is 52.8 Å². The van der Waals surface area contributed by atoms with E-state index in [0.717, 1.165) is 40.5 Å². The van der Waals surface area contributed by atoms with Crippen LogP contribution in [-0.2, 0) is 0 Å². The number of hydrogen-bond acceptors (Lipinski definition) is 8. The van der Waals surface area contributed by atoms with E-state index >= 15 is 0 Å². The van der Waals surface area contributed by atoms with Gasteiger partial charge in [-0.2, -0.15) is 0 Å². The smallest absolute Gasteiger partial charge is 0.277 e. The fourth-order valence-electron chi connectivity index (χ4n) is 2.73. The molecule has 32 heavy (non-hydrogen) atoms. The minimum absolute atomic E-state index is 0. The summed E-state index contributed by atoms with van der Waals surface area (Å²) in [7, 11) is 3.49. The summed E-state index contributed by atoms with van der Waals surface area (Å²) in [5.41, 5.74) is -1.68. The van der Waals surface area contributed by atoms with Crippen molar-refractivity contribution >= 4 is 56.4 Å². The summed E-state index contributed by atoms with van der Waals surface area (Å²) in [5.74, 6) is -2.50. The highest BCUT2D eigenvalue weighted by Gasteiger charge is 2.26. The molecular weight excluding hydrogens is 472 g/mol. The largest absolute Gasteiger partial charge is 0.308 e. The summed E-state index contributed by atoms with van der Waals surface area (Å²) < 4.78 is 27.8. The summed E-state index contributed by atoms with van der Waals surface area (Å²) in [5, 5.41) is 22.3. The molecule has 0 atom stereocenters. The molecule has 0 spiro atoms. The second-order valence-corrected chi connectivity index (χ2v) is 7.75. The highest BCUT2D eigenvalue weighted by atomic mass is 35.5. The first-order valence-corrected chi connectivity index (χ1v) is 9.54. The van der Waals surface area contributed by atoms with E-state index in [1.165, 1.54) is 0 Å². The van der Waals surface area contributed by atoms with E-state index in [2.05, 4.69) is 4.98 Å². The number of halogens is 3. The number of anilines is 1. The molecule has 2 aromatic carbocycles. The first-order valence-electron chi connectivity index (χ1n) is 8.73. The number of amides is 1. The van der Waals surface area contributed by atoms with Gasteiger partial charge in [0.05, 0.1) is 26.2 Å². The average molecular weight is 488 g/mol. The van der Waals surface area contributed by atoms with Crippen molar-refractivity contribution in [2.75, 3.05) is 32.1 Å². The molecule has 0 bridgehead atoms. The van der Waals surface area contributed by atoms with Gasteiger partial charge in [0.15, 0.2) is 10.9 Å². The summed E-state index contributed by atoms with van der Waals surface area (Å²) in [6.45, 7) is 0.391. The normalized spacial score (nSPS) is 10.8. The SMILES string of the molecule is CN(C)CCN(C(=O)c1cc([N+](=O)[O-])cc([N+](=O)[O-])c1)c1nc2c(F)cc(F)cc2s1.Cl. The average Bonchev–Trinajstić information content (AvgIpc) is 3.11. The third-order valence-corrected chi connectivity index (χ3v) is 5.25. The molecule has 0 aliphatic carbocycles. The van der Waals surface area contributed by atoms with Crippen molar-refractivity contribution in [3.8, 4) is 0 Å². The molecule has 3 aromatic rings. The Hall–Kier alpha value is -3.29. The van der Waals surface area contributed by atoms with Crippen LogP contribution in [0.2, 0.25) is 0 Å². The first-order chi connectivity index (χ1) is 14.6. The van der Waals surface area contributed by atoms with Crippen molar-refractivity contribution in [3.05, 3.63) is 67.8 Å². The van der Waals surface area contributed by atoms with Crippen molar-refractivity contribution in [1.82, 2.24) is 9.88 Å². The molecule has 1 amide bonds. The minimum Gasteiger partial charge on any atom is -0.308 e.